The summed E-state index contributed by atoms with van der Waals surface area (Å²) < 4.78 is 27.0. The molecule has 3 fully saturated rings. The van der Waals surface area contributed by atoms with Crippen LogP contribution in [-0.4, -0.2) is 58.8 Å². The minimum atomic E-state index is 0. The molecular weight excluding hydrogens is 985 g/mol. The van der Waals surface area contributed by atoms with Crippen molar-refractivity contribution in [3.8, 4) is 6.07 Å². The summed E-state index contributed by atoms with van der Waals surface area (Å²) in [6.07, 6.45) is 84.4. The van der Waals surface area contributed by atoms with Gasteiger partial charge in [-0.05, 0) is 140 Å². The van der Waals surface area contributed by atoms with Crippen LogP contribution in [0.5, 0.6) is 0 Å². The summed E-state index contributed by atoms with van der Waals surface area (Å²) >= 11 is 0. The Morgan fingerprint density at radius 1 is 0.375 bits per heavy atom. The first kappa shape index (κ1) is 78.2. The van der Waals surface area contributed by atoms with E-state index in [0.29, 0.717) is 0 Å². The summed E-state index contributed by atoms with van der Waals surface area (Å²) in [6, 6.07) is 2.38. The van der Waals surface area contributed by atoms with Crippen LogP contribution < -0.4 is 5.73 Å². The zero-order chi connectivity index (χ0) is 56.5. The van der Waals surface area contributed by atoms with Gasteiger partial charge in [-0.3, -0.25) is 0 Å². The normalized spacial score (nSPS) is 15.7. The first-order chi connectivity index (χ1) is 39.2. The molecule has 2 unspecified atom stereocenters. The number of ether oxygens (including phenoxy) is 5. The highest BCUT2D eigenvalue weighted by Gasteiger charge is 2.16. The Morgan fingerprint density at radius 2 is 0.675 bits per heavy atom. The van der Waals surface area contributed by atoms with Crippen LogP contribution >= 0.6 is 0 Å². The number of unbranched alkanes of at least 4 members (excludes halogenated alkanes) is 30. The van der Waals surface area contributed by atoms with E-state index in [4.69, 9.17) is 34.7 Å². The van der Waals surface area contributed by atoms with E-state index in [1.807, 2.05) is 0 Å². The topological polar surface area (TPSA) is 96.0 Å². The summed E-state index contributed by atoms with van der Waals surface area (Å²) in [6.45, 7) is 10.5. The van der Waals surface area contributed by atoms with Crippen LogP contribution in [0.15, 0.2) is 48.6 Å². The second-order valence-corrected chi connectivity index (χ2v) is 23.9. The minimum Gasteiger partial charge on any atom is -0.381 e. The van der Waals surface area contributed by atoms with Crippen molar-refractivity contribution in [3.05, 3.63) is 48.6 Å². The minimum absolute atomic E-state index is 0. The number of nitrogens with zero attached hydrogens (tertiary/aromatic N) is 1. The van der Waals surface area contributed by atoms with Crippen molar-refractivity contribution < 1.29 is 23.7 Å². The van der Waals surface area contributed by atoms with Crippen LogP contribution in [0.1, 0.15) is 342 Å². The first-order valence-electron chi connectivity index (χ1n) is 34.9. The number of hydrogen-bond acceptors (Lipinski definition) is 7. The monoisotopic (exact) mass is 1120 g/mol. The van der Waals surface area contributed by atoms with Crippen molar-refractivity contribution >= 4 is 0 Å². The van der Waals surface area contributed by atoms with Gasteiger partial charge in [-0.1, -0.05) is 263 Å². The molecule has 0 aromatic heterocycles. The van der Waals surface area contributed by atoms with Gasteiger partial charge in [0.2, 0.25) is 0 Å². The molecule has 0 aromatic carbocycles. The van der Waals surface area contributed by atoms with Crippen LogP contribution in [0.2, 0.25) is 0 Å². The number of nitrogens with two attached hydrogens (primary N) is 1. The van der Waals surface area contributed by atoms with Crippen LogP contribution in [-0.2, 0) is 23.7 Å². The molecule has 3 heterocycles. The quantitative estimate of drug-likeness (QED) is 0.0479. The molecule has 0 radical (unpaired) electrons. The standard InChI is InChI=1S/C34H65NO2.C34H61NO2.C4H8O.CH4/c2*1-2-3-4-5-6-7-8-9-10-11-12-13-14-15-16-19-22-26-33(28-25-30-35)27-23-20-17-18-21-24-29-34-36-31-32-37-34;1-2-4-5-3-1;/h6-7,9-10,33-34H,2-5,8,11-32,35H2,1H3;6-7,9-10,33-34H,2-5,8,11-29,31-32H2,1H3;1-4H2;1H4/b2*7-6-,10-9-;;. The molecule has 0 aliphatic carbocycles. The van der Waals surface area contributed by atoms with Gasteiger partial charge >= 0.3 is 0 Å². The van der Waals surface area contributed by atoms with Gasteiger partial charge in [0.25, 0.3) is 0 Å². The molecule has 3 aliphatic heterocycles. The van der Waals surface area contributed by atoms with Gasteiger partial charge in [0, 0.05) is 19.6 Å². The molecule has 0 spiro atoms. The summed E-state index contributed by atoms with van der Waals surface area (Å²) in [5.74, 6) is 1.69. The van der Waals surface area contributed by atoms with E-state index in [-0.39, 0.29) is 20.0 Å². The van der Waals surface area contributed by atoms with Crippen LogP contribution in [0.3, 0.4) is 0 Å². The zero-order valence-electron chi connectivity index (χ0n) is 52.8. The lowest BCUT2D eigenvalue weighted by Crippen LogP contribution is -2.06. The van der Waals surface area contributed by atoms with Gasteiger partial charge in [0.15, 0.2) is 12.6 Å². The second kappa shape index (κ2) is 68.0. The molecule has 0 bridgehead atoms. The Balaban J connectivity index is 0.00000141. The van der Waals surface area contributed by atoms with Crippen molar-refractivity contribution in [2.45, 2.75) is 355 Å². The van der Waals surface area contributed by atoms with Gasteiger partial charge in [0.1, 0.15) is 0 Å². The highest BCUT2D eigenvalue weighted by molar-refractivity contribution is 4.93. The Morgan fingerprint density at radius 3 is 0.988 bits per heavy atom. The number of rotatable bonds is 55. The largest absolute Gasteiger partial charge is 0.381 e. The summed E-state index contributed by atoms with van der Waals surface area (Å²) in [5, 5.41) is 9.03. The van der Waals surface area contributed by atoms with Gasteiger partial charge in [-0.15, -0.1) is 0 Å². The molecule has 7 nitrogen and oxygen atoms in total. The van der Waals surface area contributed by atoms with Crippen molar-refractivity contribution in [2.75, 3.05) is 46.2 Å². The number of hydrogen-bond donors (Lipinski definition) is 1. The molecule has 80 heavy (non-hydrogen) atoms. The predicted octanol–water partition coefficient (Wildman–Crippen LogP) is 22.9. The summed E-state index contributed by atoms with van der Waals surface area (Å²) in [4.78, 5) is 0. The molecule has 3 saturated heterocycles. The third-order valence-electron chi connectivity index (χ3n) is 16.4. The fourth-order valence-corrected chi connectivity index (χ4v) is 11.3. The average molecular weight is 1120 g/mol. The smallest absolute Gasteiger partial charge is 0.157 e. The van der Waals surface area contributed by atoms with E-state index in [2.05, 4.69) is 68.5 Å². The third-order valence-corrected chi connectivity index (χ3v) is 16.4. The molecule has 2 N–H and O–H groups in total. The van der Waals surface area contributed by atoms with Crippen molar-refractivity contribution in [1.82, 2.24) is 0 Å². The lowest BCUT2D eigenvalue weighted by Gasteiger charge is -2.16. The fourth-order valence-electron chi connectivity index (χ4n) is 11.3. The van der Waals surface area contributed by atoms with Crippen LogP contribution in [0.4, 0.5) is 0 Å². The van der Waals surface area contributed by atoms with E-state index in [9.17, 15) is 0 Å². The van der Waals surface area contributed by atoms with E-state index >= 15 is 0 Å². The van der Waals surface area contributed by atoms with Crippen LogP contribution in [0.25, 0.3) is 0 Å². The van der Waals surface area contributed by atoms with Gasteiger partial charge in [0.05, 0.1) is 32.5 Å². The van der Waals surface area contributed by atoms with E-state index in [1.165, 1.54) is 283 Å². The predicted molar refractivity (Wildman–Crippen MR) is 349 cm³/mol. The second-order valence-electron chi connectivity index (χ2n) is 23.9. The molecule has 0 aromatic rings. The SMILES string of the molecule is C.C1CCOC1.CCCCC/C=C\C/C=C\CCCCCCCCCC(CCC#N)CCCCCCCCC1OCCO1.CCCCC/C=C\C/C=C\CCCCCCCCCC(CCCN)CCCCCCCCC1OCCO1. The lowest BCUT2D eigenvalue weighted by molar-refractivity contribution is -0.0482. The number of allylic oxidation sites excluding steroid dienone is 8. The highest BCUT2D eigenvalue weighted by atomic mass is 16.7. The summed E-state index contributed by atoms with van der Waals surface area (Å²) in [5.41, 5.74) is 5.81. The maximum Gasteiger partial charge on any atom is 0.157 e. The molecule has 0 saturated carbocycles. The van der Waals surface area contributed by atoms with Gasteiger partial charge in [-0.2, -0.15) is 5.26 Å². The third kappa shape index (κ3) is 59.4. The molecule has 3 aliphatic rings. The highest BCUT2D eigenvalue weighted by Crippen LogP contribution is 2.26. The summed E-state index contributed by atoms with van der Waals surface area (Å²) in [7, 11) is 0. The Kier molecular flexibility index (Phi) is 66.5. The molecule has 3 rings (SSSR count). The van der Waals surface area contributed by atoms with E-state index in [0.717, 1.165) is 96.5 Å². The van der Waals surface area contributed by atoms with E-state index < -0.39 is 0 Å². The molecular formula is C73H138N2O5. The molecule has 7 heteroatoms. The van der Waals surface area contributed by atoms with Gasteiger partial charge < -0.3 is 29.4 Å². The van der Waals surface area contributed by atoms with Crippen molar-refractivity contribution in [1.29, 1.82) is 5.26 Å². The Bertz CT molecular complexity index is 1320. The average Bonchev–Trinajstić information content (AvgIpc) is 4.33. The van der Waals surface area contributed by atoms with Gasteiger partial charge in [-0.25, -0.2) is 0 Å². The zero-order valence-corrected chi connectivity index (χ0v) is 52.8. The Hall–Kier alpha value is -1.79. The number of nitriles is 1. The van der Waals surface area contributed by atoms with E-state index in [1.54, 1.807) is 0 Å². The van der Waals surface area contributed by atoms with Crippen molar-refractivity contribution in [2.24, 2.45) is 17.6 Å². The van der Waals surface area contributed by atoms with Crippen LogP contribution in [0, 0.1) is 23.2 Å². The lowest BCUT2D eigenvalue weighted by atomic mass is 9.90. The van der Waals surface area contributed by atoms with Crippen molar-refractivity contribution in [3.63, 3.8) is 0 Å². The molecule has 0 amide bonds. The maximum atomic E-state index is 9.03. The first-order valence-corrected chi connectivity index (χ1v) is 34.9. The molecule has 2 atom stereocenters. The maximum absolute atomic E-state index is 9.03. The molecule has 470 valence electrons. The fraction of sp³-hybridized carbons (Fsp3) is 0.877. The Labute approximate surface area is 500 Å².